The highest BCUT2D eigenvalue weighted by Crippen LogP contribution is 1.99. The van der Waals surface area contributed by atoms with E-state index in [0.717, 1.165) is 6.42 Å². The maximum Gasteiger partial charge on any atom is 0.508 e. The smallest absolute Gasteiger partial charge is 0.435 e. The van der Waals surface area contributed by atoms with Crippen molar-refractivity contribution in [2.24, 2.45) is 0 Å². The Balaban J connectivity index is 3.36. The normalized spacial score (nSPS) is 11.1. The first kappa shape index (κ1) is 14.8. The molecule has 0 heterocycles. The molecule has 3 nitrogen and oxygen atoms in total. The lowest BCUT2D eigenvalue weighted by atomic mass is 10.2. The zero-order chi connectivity index (χ0) is 12.1. The molecule has 3 heteroatoms. The molecule has 0 aliphatic rings. The van der Waals surface area contributed by atoms with Crippen molar-refractivity contribution in [3.8, 4) is 0 Å². The molecule has 0 spiro atoms. The lowest BCUT2D eigenvalue weighted by molar-refractivity contribution is 0.0673. The first-order chi connectivity index (χ1) is 7.81. The Hall–Kier alpha value is -1.25. The number of hydrogen-bond acceptors (Lipinski definition) is 3. The van der Waals surface area contributed by atoms with Gasteiger partial charge < -0.3 is 9.47 Å². The van der Waals surface area contributed by atoms with Crippen LogP contribution in [0, 0.1) is 0 Å². The summed E-state index contributed by atoms with van der Waals surface area (Å²) in [4.78, 5) is 10.8. The van der Waals surface area contributed by atoms with Crippen molar-refractivity contribution in [1.82, 2.24) is 0 Å². The van der Waals surface area contributed by atoms with Crippen molar-refractivity contribution in [2.75, 3.05) is 13.2 Å². The van der Waals surface area contributed by atoms with Gasteiger partial charge in [0, 0.05) is 0 Å². The highest BCUT2D eigenvalue weighted by molar-refractivity contribution is 5.59. The van der Waals surface area contributed by atoms with E-state index in [9.17, 15) is 4.79 Å². The Morgan fingerprint density at radius 1 is 1.06 bits per heavy atom. The van der Waals surface area contributed by atoms with E-state index in [0.29, 0.717) is 6.61 Å². The molecule has 0 saturated heterocycles. The molecule has 0 bridgehead atoms. The van der Waals surface area contributed by atoms with Crippen LogP contribution in [-0.2, 0) is 9.47 Å². The third-order valence-corrected chi connectivity index (χ3v) is 1.92. The maximum absolute atomic E-state index is 10.8. The molecule has 0 amide bonds. The molecule has 0 aromatic carbocycles. The first-order valence-corrected chi connectivity index (χ1v) is 5.92. The fourth-order valence-corrected chi connectivity index (χ4v) is 1.10. The summed E-state index contributed by atoms with van der Waals surface area (Å²) < 4.78 is 9.35. The molecule has 0 fully saturated rings. The summed E-state index contributed by atoms with van der Waals surface area (Å²) in [6.07, 6.45) is 12.0. The minimum Gasteiger partial charge on any atom is -0.435 e. The van der Waals surface area contributed by atoms with Gasteiger partial charge in [0.2, 0.25) is 0 Å². The lowest BCUT2D eigenvalue weighted by Gasteiger charge is -1.99. The van der Waals surface area contributed by atoms with Gasteiger partial charge in [0.15, 0.2) is 0 Å². The van der Waals surface area contributed by atoms with Crippen LogP contribution in [0.2, 0.25) is 0 Å². The summed E-state index contributed by atoms with van der Waals surface area (Å²) >= 11 is 0. The molecule has 0 atom stereocenters. The second-order valence-electron chi connectivity index (χ2n) is 3.35. The highest BCUT2D eigenvalue weighted by atomic mass is 16.7. The Labute approximate surface area is 98.1 Å². The van der Waals surface area contributed by atoms with Gasteiger partial charge in [-0.15, -0.1) is 0 Å². The molecule has 92 valence electrons. The van der Waals surface area contributed by atoms with Crippen molar-refractivity contribution in [3.05, 3.63) is 24.3 Å². The molecular weight excluding hydrogens is 204 g/mol. The van der Waals surface area contributed by atoms with Crippen molar-refractivity contribution in [3.63, 3.8) is 0 Å². The minimum absolute atomic E-state index is 0.262. The number of allylic oxidation sites excluding steroid dienone is 3. The summed E-state index contributed by atoms with van der Waals surface area (Å²) in [5, 5.41) is 0. The van der Waals surface area contributed by atoms with Crippen LogP contribution in [-0.4, -0.2) is 19.4 Å². The first-order valence-electron chi connectivity index (χ1n) is 5.92. The van der Waals surface area contributed by atoms with Gasteiger partial charge in [-0.05, 0) is 25.8 Å². The topological polar surface area (TPSA) is 35.5 Å². The van der Waals surface area contributed by atoms with Gasteiger partial charge >= 0.3 is 6.16 Å². The maximum atomic E-state index is 10.8. The second-order valence-corrected chi connectivity index (χ2v) is 3.35. The van der Waals surface area contributed by atoms with E-state index in [-0.39, 0.29) is 6.61 Å². The number of unbranched alkanes of at least 4 members (excludes halogenated alkanes) is 3. The van der Waals surface area contributed by atoms with Gasteiger partial charge in [-0.1, -0.05) is 38.0 Å². The molecular formula is C13H22O3. The van der Waals surface area contributed by atoms with Crippen molar-refractivity contribution in [2.45, 2.75) is 39.5 Å². The van der Waals surface area contributed by atoms with Crippen molar-refractivity contribution < 1.29 is 14.3 Å². The number of ether oxygens (including phenoxy) is 2. The predicted molar refractivity (Wildman–Crippen MR) is 65.4 cm³/mol. The van der Waals surface area contributed by atoms with Crippen LogP contribution >= 0.6 is 0 Å². The SMILES string of the molecule is CCCCC/C=C/C=C/COC(=O)OCC. The lowest BCUT2D eigenvalue weighted by Crippen LogP contribution is -2.06. The van der Waals surface area contributed by atoms with Crippen LogP contribution in [0.15, 0.2) is 24.3 Å². The highest BCUT2D eigenvalue weighted by Gasteiger charge is 1.97. The van der Waals surface area contributed by atoms with Crippen LogP contribution in [0.25, 0.3) is 0 Å². The molecule has 0 radical (unpaired) electrons. The number of hydrogen-bond donors (Lipinski definition) is 0. The summed E-state index contributed by atoms with van der Waals surface area (Å²) in [6, 6.07) is 0. The number of carbonyl (C=O) groups excluding carboxylic acids is 1. The fraction of sp³-hybridized carbons (Fsp3) is 0.615. The Kier molecular flexibility index (Phi) is 10.9. The van der Waals surface area contributed by atoms with E-state index in [4.69, 9.17) is 4.74 Å². The average molecular weight is 226 g/mol. The molecule has 0 aliphatic heterocycles. The van der Waals surface area contributed by atoms with E-state index in [1.165, 1.54) is 19.3 Å². The molecule has 0 saturated carbocycles. The average Bonchev–Trinajstić information content (AvgIpc) is 2.27. The van der Waals surface area contributed by atoms with E-state index < -0.39 is 6.16 Å². The summed E-state index contributed by atoms with van der Waals surface area (Å²) in [6.45, 7) is 4.55. The van der Waals surface area contributed by atoms with Crippen LogP contribution in [0.4, 0.5) is 4.79 Å². The van der Waals surface area contributed by atoms with Crippen LogP contribution in [0.3, 0.4) is 0 Å². The number of carbonyl (C=O) groups is 1. The number of rotatable bonds is 8. The van der Waals surface area contributed by atoms with Gasteiger partial charge in [-0.2, -0.15) is 0 Å². The Bertz CT molecular complexity index is 219. The van der Waals surface area contributed by atoms with E-state index in [1.54, 1.807) is 13.0 Å². The summed E-state index contributed by atoms with van der Waals surface area (Å²) in [7, 11) is 0. The molecule has 0 unspecified atom stereocenters. The Morgan fingerprint density at radius 2 is 1.81 bits per heavy atom. The van der Waals surface area contributed by atoms with Gasteiger partial charge in [-0.25, -0.2) is 4.79 Å². The van der Waals surface area contributed by atoms with Gasteiger partial charge in [0.05, 0.1) is 6.61 Å². The second kappa shape index (κ2) is 11.8. The predicted octanol–water partition coefficient (Wildman–Crippen LogP) is 3.85. The monoisotopic (exact) mass is 226 g/mol. The summed E-state index contributed by atoms with van der Waals surface area (Å²) in [5.74, 6) is 0. The van der Waals surface area contributed by atoms with E-state index in [1.807, 2.05) is 12.2 Å². The van der Waals surface area contributed by atoms with Crippen LogP contribution < -0.4 is 0 Å². The van der Waals surface area contributed by atoms with Gasteiger partial charge in [0.25, 0.3) is 0 Å². The molecule has 0 aliphatic carbocycles. The molecule has 0 aromatic heterocycles. The summed E-state index contributed by atoms with van der Waals surface area (Å²) in [5.41, 5.74) is 0. The van der Waals surface area contributed by atoms with E-state index in [2.05, 4.69) is 17.7 Å². The van der Waals surface area contributed by atoms with Gasteiger partial charge in [0.1, 0.15) is 6.61 Å². The van der Waals surface area contributed by atoms with Crippen molar-refractivity contribution in [1.29, 1.82) is 0 Å². The van der Waals surface area contributed by atoms with Gasteiger partial charge in [-0.3, -0.25) is 0 Å². The van der Waals surface area contributed by atoms with Crippen LogP contribution in [0.5, 0.6) is 0 Å². The van der Waals surface area contributed by atoms with Crippen LogP contribution in [0.1, 0.15) is 39.5 Å². The standard InChI is InChI=1S/C13H22O3/c1-3-5-6-7-8-9-10-11-12-16-13(14)15-4-2/h8-11H,3-7,12H2,1-2H3/b9-8+,11-10+. The quantitative estimate of drug-likeness (QED) is 0.358. The third kappa shape index (κ3) is 10.8. The van der Waals surface area contributed by atoms with Crippen molar-refractivity contribution >= 4 is 6.16 Å². The Morgan fingerprint density at radius 3 is 2.50 bits per heavy atom. The third-order valence-electron chi connectivity index (χ3n) is 1.92. The molecule has 0 rings (SSSR count). The molecule has 0 N–H and O–H groups in total. The zero-order valence-corrected chi connectivity index (χ0v) is 10.3. The largest absolute Gasteiger partial charge is 0.508 e. The minimum atomic E-state index is -0.612. The van der Waals surface area contributed by atoms with E-state index >= 15 is 0 Å². The fourth-order valence-electron chi connectivity index (χ4n) is 1.10. The zero-order valence-electron chi connectivity index (χ0n) is 10.3. The molecule has 0 aromatic rings. The molecule has 16 heavy (non-hydrogen) atoms.